The predicted molar refractivity (Wildman–Crippen MR) is 84.6 cm³/mol. The van der Waals surface area contributed by atoms with Gasteiger partial charge in [-0.05, 0) is 31.0 Å². The lowest BCUT2D eigenvalue weighted by atomic mass is 10.1. The Hall–Kier alpha value is -2.43. The van der Waals surface area contributed by atoms with Gasteiger partial charge in [-0.25, -0.2) is 0 Å². The van der Waals surface area contributed by atoms with Crippen LogP contribution < -0.4 is 5.32 Å². The number of hydrogen-bond donors (Lipinski definition) is 1. The van der Waals surface area contributed by atoms with Crippen LogP contribution in [0.5, 0.6) is 0 Å². The van der Waals surface area contributed by atoms with E-state index in [1.54, 1.807) is 12.3 Å². The molecule has 2 aromatic rings. The van der Waals surface area contributed by atoms with Crippen molar-refractivity contribution in [3.63, 3.8) is 0 Å². The van der Waals surface area contributed by atoms with Crippen molar-refractivity contribution in [1.29, 1.82) is 0 Å². The monoisotopic (exact) mass is 300 g/mol. The number of carbonyl (C=O) groups is 2. The Balaban J connectivity index is 1.81. The van der Waals surface area contributed by atoms with Crippen molar-refractivity contribution in [2.75, 3.05) is 13.7 Å². The van der Waals surface area contributed by atoms with E-state index in [1.807, 2.05) is 24.3 Å². The summed E-state index contributed by atoms with van der Waals surface area (Å²) >= 11 is 0. The van der Waals surface area contributed by atoms with Crippen molar-refractivity contribution in [1.82, 2.24) is 10.3 Å². The van der Waals surface area contributed by atoms with E-state index in [-0.39, 0.29) is 11.9 Å². The molecule has 1 aromatic heterocycles. The maximum atomic E-state index is 12.2. The van der Waals surface area contributed by atoms with Crippen LogP contribution in [-0.2, 0) is 9.53 Å². The Morgan fingerprint density at radius 2 is 2.00 bits per heavy atom. The molecule has 0 atom stereocenters. The van der Waals surface area contributed by atoms with Crippen molar-refractivity contribution in [3.8, 4) is 0 Å². The van der Waals surface area contributed by atoms with Gasteiger partial charge < -0.3 is 10.1 Å². The summed E-state index contributed by atoms with van der Waals surface area (Å²) in [7, 11) is 1.39. The van der Waals surface area contributed by atoms with Crippen molar-refractivity contribution in [2.24, 2.45) is 0 Å². The third-order valence-electron chi connectivity index (χ3n) is 3.46. The molecule has 0 aliphatic heterocycles. The molecule has 1 N–H and O–H groups in total. The number of esters is 1. The van der Waals surface area contributed by atoms with Crippen LogP contribution >= 0.6 is 0 Å². The fourth-order valence-electron chi connectivity index (χ4n) is 2.27. The van der Waals surface area contributed by atoms with Crippen LogP contribution in [0.25, 0.3) is 10.9 Å². The van der Waals surface area contributed by atoms with Crippen LogP contribution in [0.15, 0.2) is 36.5 Å². The molecule has 1 heterocycles. The second-order valence-electron chi connectivity index (χ2n) is 5.02. The molecule has 1 amide bonds. The van der Waals surface area contributed by atoms with Crippen LogP contribution in [0.2, 0.25) is 0 Å². The molecule has 0 aliphatic rings. The normalized spacial score (nSPS) is 10.4. The summed E-state index contributed by atoms with van der Waals surface area (Å²) in [6, 6.07) is 9.25. The van der Waals surface area contributed by atoms with Crippen molar-refractivity contribution >= 4 is 22.8 Å². The van der Waals surface area contributed by atoms with Gasteiger partial charge in [-0.2, -0.15) is 0 Å². The lowest BCUT2D eigenvalue weighted by Gasteiger charge is -2.07. The molecule has 0 aliphatic carbocycles. The fraction of sp³-hybridized carbons (Fsp3) is 0.353. The molecule has 2 rings (SSSR count). The van der Waals surface area contributed by atoms with Crippen LogP contribution in [0.1, 0.15) is 36.0 Å². The molecule has 1 aromatic carbocycles. The maximum Gasteiger partial charge on any atom is 0.305 e. The molecule has 0 bridgehead atoms. The summed E-state index contributed by atoms with van der Waals surface area (Å²) in [5, 5.41) is 3.77. The van der Waals surface area contributed by atoms with E-state index >= 15 is 0 Å². The molecule has 5 heteroatoms. The van der Waals surface area contributed by atoms with Crippen LogP contribution in [0.3, 0.4) is 0 Å². The molecule has 22 heavy (non-hydrogen) atoms. The minimum absolute atomic E-state index is 0.0911. The first-order chi connectivity index (χ1) is 10.7. The Morgan fingerprint density at radius 1 is 1.14 bits per heavy atom. The number of methoxy groups -OCH3 is 1. The Labute approximate surface area is 129 Å². The number of benzene rings is 1. The Bertz CT molecular complexity index is 650. The second kappa shape index (κ2) is 8.12. The van der Waals surface area contributed by atoms with Gasteiger partial charge in [0.2, 0.25) is 0 Å². The number of unbranched alkanes of at least 4 members (excludes halogenated alkanes) is 2. The number of fused-ring (bicyclic) bond motifs is 1. The fourth-order valence-corrected chi connectivity index (χ4v) is 2.27. The summed E-state index contributed by atoms with van der Waals surface area (Å²) in [5.74, 6) is -0.279. The minimum atomic E-state index is -0.188. The molecule has 0 unspecified atom stereocenters. The first-order valence-electron chi connectivity index (χ1n) is 7.41. The maximum absolute atomic E-state index is 12.2. The number of nitrogens with zero attached hydrogens (tertiary/aromatic N) is 1. The number of carbonyl (C=O) groups excluding carboxylic acids is 2. The number of amides is 1. The average molecular weight is 300 g/mol. The van der Waals surface area contributed by atoms with Gasteiger partial charge in [0.15, 0.2) is 0 Å². The van der Waals surface area contributed by atoms with Crippen molar-refractivity contribution in [3.05, 3.63) is 42.1 Å². The quantitative estimate of drug-likeness (QED) is 0.630. The summed E-state index contributed by atoms with van der Waals surface area (Å²) in [5.41, 5.74) is 1.45. The average Bonchev–Trinajstić information content (AvgIpc) is 2.56. The molecule has 116 valence electrons. The van der Waals surface area contributed by atoms with Crippen LogP contribution in [0.4, 0.5) is 0 Å². The third-order valence-corrected chi connectivity index (χ3v) is 3.46. The lowest BCUT2D eigenvalue weighted by molar-refractivity contribution is -0.140. The summed E-state index contributed by atoms with van der Waals surface area (Å²) < 4.78 is 4.58. The van der Waals surface area contributed by atoms with Gasteiger partial charge in [-0.1, -0.05) is 18.6 Å². The molecule has 5 nitrogen and oxygen atoms in total. The van der Waals surface area contributed by atoms with Crippen LogP contribution in [0, 0.1) is 0 Å². The minimum Gasteiger partial charge on any atom is -0.469 e. The lowest BCUT2D eigenvalue weighted by Crippen LogP contribution is -2.24. The Kier molecular flexibility index (Phi) is 5.89. The number of ether oxygens (including phenoxy) is 1. The molecule has 0 saturated carbocycles. The number of rotatable bonds is 7. The van der Waals surface area contributed by atoms with Crippen LogP contribution in [-0.4, -0.2) is 30.5 Å². The highest BCUT2D eigenvalue weighted by Crippen LogP contribution is 2.16. The van der Waals surface area contributed by atoms with E-state index in [1.165, 1.54) is 7.11 Å². The summed E-state index contributed by atoms with van der Waals surface area (Å²) in [6.07, 6.45) is 4.64. The van der Waals surface area contributed by atoms with Gasteiger partial charge in [0, 0.05) is 30.1 Å². The van der Waals surface area contributed by atoms with E-state index in [4.69, 9.17) is 0 Å². The topological polar surface area (TPSA) is 68.3 Å². The standard InChI is InChI=1S/C17H20N2O3/c1-22-16(20)10-3-2-4-11-19-17(21)14-7-5-9-15-13(14)8-6-12-18-15/h5-9,12H,2-4,10-11H2,1H3,(H,19,21). The van der Waals surface area contributed by atoms with Crippen molar-refractivity contribution in [2.45, 2.75) is 25.7 Å². The van der Waals surface area contributed by atoms with Gasteiger partial charge in [-0.15, -0.1) is 0 Å². The summed E-state index contributed by atoms with van der Waals surface area (Å²) in [6.45, 7) is 0.594. The highest BCUT2D eigenvalue weighted by molar-refractivity contribution is 6.06. The zero-order chi connectivity index (χ0) is 15.8. The zero-order valence-corrected chi connectivity index (χ0v) is 12.7. The van der Waals surface area contributed by atoms with E-state index < -0.39 is 0 Å². The van der Waals surface area contributed by atoms with Gasteiger partial charge in [0.25, 0.3) is 5.91 Å². The highest BCUT2D eigenvalue weighted by Gasteiger charge is 2.09. The molecule has 0 radical (unpaired) electrons. The third kappa shape index (κ3) is 4.28. The SMILES string of the molecule is COC(=O)CCCCCNC(=O)c1cccc2ncccc12. The highest BCUT2D eigenvalue weighted by atomic mass is 16.5. The van der Waals surface area contributed by atoms with Gasteiger partial charge in [0.05, 0.1) is 12.6 Å². The van der Waals surface area contributed by atoms with Gasteiger partial charge >= 0.3 is 5.97 Å². The number of aromatic nitrogens is 1. The first-order valence-corrected chi connectivity index (χ1v) is 7.41. The van der Waals surface area contributed by atoms with Crippen molar-refractivity contribution < 1.29 is 14.3 Å². The second-order valence-corrected chi connectivity index (χ2v) is 5.02. The summed E-state index contributed by atoms with van der Waals surface area (Å²) in [4.78, 5) is 27.4. The van der Waals surface area contributed by atoms with Gasteiger partial charge in [0.1, 0.15) is 0 Å². The largest absolute Gasteiger partial charge is 0.469 e. The number of hydrogen-bond acceptors (Lipinski definition) is 4. The van der Waals surface area contributed by atoms with E-state index in [9.17, 15) is 9.59 Å². The smallest absolute Gasteiger partial charge is 0.305 e. The van der Waals surface area contributed by atoms with E-state index in [2.05, 4.69) is 15.0 Å². The van der Waals surface area contributed by atoms with E-state index in [0.717, 1.165) is 30.2 Å². The molecule has 0 spiro atoms. The molecular weight excluding hydrogens is 280 g/mol. The zero-order valence-electron chi connectivity index (χ0n) is 12.7. The van der Waals surface area contributed by atoms with E-state index in [0.29, 0.717) is 18.5 Å². The number of pyridine rings is 1. The molecule has 0 saturated heterocycles. The predicted octanol–water partition coefficient (Wildman–Crippen LogP) is 2.70. The Morgan fingerprint density at radius 3 is 2.82 bits per heavy atom. The first kappa shape index (κ1) is 15.9. The molecular formula is C17H20N2O3. The molecule has 0 fully saturated rings. The van der Waals surface area contributed by atoms with Gasteiger partial charge in [-0.3, -0.25) is 14.6 Å². The number of nitrogens with one attached hydrogen (secondary N) is 1.